The maximum Gasteiger partial charge on any atom is 0 e. The monoisotopic (exact) mass is 177 g/mol. The molecule has 0 aliphatic heterocycles. The molecular weight excluding hydrogens is 178 g/mol. The molecule has 1 radical (unpaired) electrons. The Balaban J connectivity index is -0.0000000200. The molecule has 0 heterocycles. The Morgan fingerprint density at radius 2 is 1.20 bits per heavy atom. The van der Waals surface area contributed by atoms with Crippen LogP contribution in [0.5, 0.6) is 0 Å². The van der Waals surface area contributed by atoms with E-state index >= 15 is 0 Å². The molecule has 5 heteroatoms. The summed E-state index contributed by atoms with van der Waals surface area (Å²) in [5.41, 5.74) is 0. The van der Waals surface area contributed by atoms with Crippen molar-refractivity contribution in [2.75, 3.05) is 0 Å². The van der Waals surface area contributed by atoms with Gasteiger partial charge in [-0.3, -0.25) is 0 Å². The Bertz CT molecular complexity index is 30.6. The second-order valence-corrected chi connectivity index (χ2v) is 0.224. The molecular formula is FeNiO2P. The van der Waals surface area contributed by atoms with Gasteiger partial charge >= 0.3 is 17.5 Å². The first-order chi connectivity index (χ1) is 1.41. The van der Waals surface area contributed by atoms with E-state index in [9.17, 15) is 0 Å². The average Bonchev–Trinajstić information content (AvgIpc) is 0.918. The van der Waals surface area contributed by atoms with Crippen molar-refractivity contribution in [2.45, 2.75) is 0 Å². The minimum Gasteiger partial charge on any atom is 0 e. The molecule has 2 nitrogen and oxygen atoms in total. The molecule has 0 fully saturated rings. The van der Waals surface area contributed by atoms with Gasteiger partial charge in [0, 0.05) is 33.6 Å². The molecule has 0 N–H and O–H groups in total. The van der Waals surface area contributed by atoms with Crippen molar-refractivity contribution in [1.82, 2.24) is 0 Å². The van der Waals surface area contributed by atoms with E-state index in [1.807, 2.05) is 0 Å². The van der Waals surface area contributed by atoms with Gasteiger partial charge in [-0.2, -0.15) is 0 Å². The molecule has 0 aliphatic carbocycles. The summed E-state index contributed by atoms with van der Waals surface area (Å²) in [5.74, 6) is 0. The quantitative estimate of drug-likeness (QED) is 0.402. The largest absolute Gasteiger partial charge is 0 e. The molecule has 5 heavy (non-hydrogen) atoms. The summed E-state index contributed by atoms with van der Waals surface area (Å²) in [7, 11) is -1.08. The van der Waals surface area contributed by atoms with Crippen LogP contribution in [0.1, 0.15) is 0 Å². The van der Waals surface area contributed by atoms with Crippen LogP contribution in [0.25, 0.3) is 0 Å². The second kappa shape index (κ2) is 19.7. The van der Waals surface area contributed by atoms with Gasteiger partial charge in [0.25, 0.3) is 0 Å². The second-order valence-electron chi connectivity index (χ2n) is 0.0745. The average molecular weight is 178 g/mol. The van der Waals surface area contributed by atoms with Gasteiger partial charge in [0.05, 0.1) is 0 Å². The van der Waals surface area contributed by atoms with E-state index in [1.165, 1.54) is 0 Å². The molecule has 0 aromatic heterocycles. The number of hydrogen-bond donors (Lipinski definition) is 0. The van der Waals surface area contributed by atoms with Crippen LogP contribution < -0.4 is 0 Å². The zero-order chi connectivity index (χ0) is 2.71. The predicted molar refractivity (Wildman–Crippen MR) is 8.29 cm³/mol. The smallest absolute Gasteiger partial charge is 0 e. The molecule has 0 aromatic carbocycles. The summed E-state index contributed by atoms with van der Waals surface area (Å²) < 4.78 is 16.7. The predicted octanol–water partition coefficient (Wildman–Crippen LogP) is 0.619. The number of rotatable bonds is 0. The maximum absolute atomic E-state index is 8.35. The van der Waals surface area contributed by atoms with Crippen molar-refractivity contribution in [1.29, 1.82) is 0 Å². The zero-order valence-corrected chi connectivity index (χ0v) is 4.92. The van der Waals surface area contributed by atoms with Gasteiger partial charge in [0.1, 0.15) is 0 Å². The molecule has 0 rings (SSSR count). The van der Waals surface area contributed by atoms with E-state index in [-0.39, 0.29) is 33.6 Å². The minimum atomic E-state index is -1.08. The van der Waals surface area contributed by atoms with Crippen LogP contribution in [-0.2, 0) is 42.7 Å². The summed E-state index contributed by atoms with van der Waals surface area (Å²) in [6.07, 6.45) is 0. The molecule has 0 spiro atoms. The van der Waals surface area contributed by atoms with Gasteiger partial charge in [-0.05, 0) is 0 Å². The molecule has 0 saturated carbocycles. The van der Waals surface area contributed by atoms with Gasteiger partial charge in [0.15, 0.2) is 0 Å². The Hall–Kier alpha value is 1.04. The van der Waals surface area contributed by atoms with Gasteiger partial charge in [-0.1, -0.05) is 0 Å². The molecule has 0 aromatic rings. The van der Waals surface area contributed by atoms with Crippen LogP contribution in [0.3, 0.4) is 0 Å². The van der Waals surface area contributed by atoms with Gasteiger partial charge in [-0.25, -0.2) is 0 Å². The van der Waals surface area contributed by atoms with Crippen molar-refractivity contribution < 1.29 is 42.7 Å². The normalized spacial score (nSPS) is 1.60. The third kappa shape index (κ3) is 42.9. The summed E-state index contributed by atoms with van der Waals surface area (Å²) in [6.45, 7) is 0. The van der Waals surface area contributed by atoms with Crippen molar-refractivity contribution in [3.63, 3.8) is 0 Å². The summed E-state index contributed by atoms with van der Waals surface area (Å²) >= 11 is 0. The van der Waals surface area contributed by atoms with Crippen LogP contribution in [0.2, 0.25) is 0 Å². The van der Waals surface area contributed by atoms with E-state index in [0.717, 1.165) is 0 Å². The molecule has 0 amide bonds. The summed E-state index contributed by atoms with van der Waals surface area (Å²) in [4.78, 5) is 0. The molecule has 0 saturated heterocycles. The first kappa shape index (κ1) is 16.6. The van der Waals surface area contributed by atoms with Crippen LogP contribution >= 0.6 is 8.34 Å². The van der Waals surface area contributed by atoms with E-state index in [1.54, 1.807) is 0 Å². The minimum absolute atomic E-state index is 0. The van der Waals surface area contributed by atoms with Crippen LogP contribution in [0.4, 0.5) is 0 Å². The topological polar surface area (TPSA) is 34.1 Å². The molecule has 0 bridgehead atoms. The van der Waals surface area contributed by atoms with Crippen molar-refractivity contribution in [3.05, 3.63) is 0 Å². The summed E-state index contributed by atoms with van der Waals surface area (Å²) in [5, 5.41) is 0. The first-order valence-electron chi connectivity index (χ1n) is 0.365. The molecule has 0 atom stereocenters. The van der Waals surface area contributed by atoms with Crippen molar-refractivity contribution in [3.8, 4) is 0 Å². The maximum atomic E-state index is 8.35. The molecule has 35 valence electrons. The van der Waals surface area contributed by atoms with Crippen LogP contribution in [0, 0.1) is 0 Å². The van der Waals surface area contributed by atoms with Crippen molar-refractivity contribution in [2.24, 2.45) is 0 Å². The number of hydrogen-bond acceptors (Lipinski definition) is 2. The Kier molecular flexibility index (Phi) is 65.6. The van der Waals surface area contributed by atoms with Crippen LogP contribution in [-0.4, -0.2) is 0 Å². The van der Waals surface area contributed by atoms with E-state index < -0.39 is 8.34 Å². The third-order valence-electron chi connectivity index (χ3n) is 0. The SMILES string of the molecule is O=[P]=O.[Fe].[Ni]. The van der Waals surface area contributed by atoms with Crippen LogP contribution in [0.15, 0.2) is 0 Å². The fourth-order valence-electron chi connectivity index (χ4n) is 0. The van der Waals surface area contributed by atoms with E-state index in [4.69, 9.17) is 9.13 Å². The molecule has 0 aliphatic rings. The molecule has 0 unspecified atom stereocenters. The van der Waals surface area contributed by atoms with Gasteiger partial charge < -0.3 is 0 Å². The van der Waals surface area contributed by atoms with E-state index in [2.05, 4.69) is 0 Å². The zero-order valence-electron chi connectivity index (χ0n) is 1.93. The van der Waals surface area contributed by atoms with E-state index in [0.29, 0.717) is 0 Å². The Labute approximate surface area is 51.3 Å². The Morgan fingerprint density at radius 1 is 1.20 bits per heavy atom. The Morgan fingerprint density at radius 3 is 1.20 bits per heavy atom. The van der Waals surface area contributed by atoms with Gasteiger partial charge in [-0.15, -0.1) is 0 Å². The third-order valence-corrected chi connectivity index (χ3v) is 0. The van der Waals surface area contributed by atoms with Crippen molar-refractivity contribution >= 4 is 8.34 Å². The standard InChI is InChI=1S/Fe.Ni.O2P/c;;1-3-2. The summed E-state index contributed by atoms with van der Waals surface area (Å²) in [6, 6.07) is 0. The first-order valence-corrected chi connectivity index (χ1v) is 1.10. The van der Waals surface area contributed by atoms with Gasteiger partial charge in [0.2, 0.25) is 0 Å². The fraction of sp³-hybridized carbons (Fsp3) is 0. The fourth-order valence-corrected chi connectivity index (χ4v) is 0.